The molecule has 0 spiro atoms. The number of carbonyl (C=O) groups excluding carboxylic acids is 1. The van der Waals surface area contributed by atoms with E-state index in [-0.39, 0.29) is 17.9 Å². The zero-order valence-electron chi connectivity index (χ0n) is 8.94. The van der Waals surface area contributed by atoms with Crippen molar-refractivity contribution in [2.45, 2.75) is 13.3 Å². The van der Waals surface area contributed by atoms with Crippen molar-refractivity contribution < 1.29 is 14.7 Å². The van der Waals surface area contributed by atoms with E-state index in [2.05, 4.69) is 10.4 Å². The third-order valence-corrected chi connectivity index (χ3v) is 2.67. The first-order chi connectivity index (χ1) is 7.50. The molecule has 0 fully saturated rings. The van der Waals surface area contributed by atoms with Crippen molar-refractivity contribution in [2.75, 3.05) is 0 Å². The maximum absolute atomic E-state index is 11.2. The smallest absolute Gasteiger partial charge is 0.334 e. The Balaban J connectivity index is 2.54. The molecule has 1 aliphatic heterocycles. The van der Waals surface area contributed by atoms with Crippen LogP contribution in [0.4, 0.5) is 0 Å². The molecule has 0 aliphatic carbocycles. The Hall–Kier alpha value is -2.11. The molecule has 0 atom stereocenters. The van der Waals surface area contributed by atoms with Crippen LogP contribution in [0.3, 0.4) is 0 Å². The summed E-state index contributed by atoms with van der Waals surface area (Å²) in [5.74, 6) is -1.37. The van der Waals surface area contributed by atoms with Gasteiger partial charge in [0.2, 0.25) is 5.91 Å². The number of aliphatic carboxylic acids is 1. The molecule has 84 valence electrons. The molecule has 1 amide bonds. The molecule has 6 nitrogen and oxygen atoms in total. The molecule has 1 aliphatic rings. The molecule has 0 unspecified atom stereocenters. The third-order valence-electron chi connectivity index (χ3n) is 2.67. The molecule has 2 rings (SSSR count). The van der Waals surface area contributed by atoms with Crippen LogP contribution in [0.15, 0.2) is 11.8 Å². The largest absolute Gasteiger partial charge is 0.478 e. The standard InChI is InChI=1S/C10H11N3O3/c1-5-7(4-11-13(5)2)9-6(10(15)16)3-8(14)12-9/h4H,3H2,1-2H3,(H,12,14)(H,15,16). The third kappa shape index (κ3) is 1.48. The number of carboxylic acids is 1. The summed E-state index contributed by atoms with van der Waals surface area (Å²) in [6.45, 7) is 1.82. The number of aryl methyl sites for hydroxylation is 1. The zero-order valence-corrected chi connectivity index (χ0v) is 8.94. The van der Waals surface area contributed by atoms with E-state index in [0.29, 0.717) is 11.3 Å². The van der Waals surface area contributed by atoms with E-state index in [4.69, 9.17) is 5.11 Å². The number of carboxylic acid groups (broad SMARTS) is 1. The Labute approximate surface area is 91.6 Å². The van der Waals surface area contributed by atoms with Crippen molar-refractivity contribution in [1.29, 1.82) is 0 Å². The molecule has 6 heteroatoms. The molecule has 16 heavy (non-hydrogen) atoms. The maximum Gasteiger partial charge on any atom is 0.334 e. The number of hydrogen-bond donors (Lipinski definition) is 2. The molecular formula is C10H11N3O3. The van der Waals surface area contributed by atoms with E-state index < -0.39 is 5.97 Å². The fraction of sp³-hybridized carbons (Fsp3) is 0.300. The van der Waals surface area contributed by atoms with E-state index in [1.165, 1.54) is 0 Å². The highest BCUT2D eigenvalue weighted by molar-refractivity contribution is 6.08. The molecule has 0 saturated heterocycles. The van der Waals surface area contributed by atoms with E-state index >= 15 is 0 Å². The van der Waals surface area contributed by atoms with Crippen LogP contribution in [0.2, 0.25) is 0 Å². The Morgan fingerprint density at radius 2 is 2.31 bits per heavy atom. The normalized spacial score (nSPS) is 15.5. The molecule has 0 aromatic carbocycles. The topological polar surface area (TPSA) is 84.2 Å². The zero-order chi connectivity index (χ0) is 11.9. The first-order valence-corrected chi connectivity index (χ1v) is 4.76. The SMILES string of the molecule is Cc1c(C2=C(C(=O)O)CC(=O)N2)cnn1C. The van der Waals surface area contributed by atoms with E-state index in [9.17, 15) is 9.59 Å². The Bertz CT molecular complexity index is 513. The second-order valence-corrected chi connectivity index (χ2v) is 3.65. The summed E-state index contributed by atoms with van der Waals surface area (Å²) in [5.41, 5.74) is 1.94. The van der Waals surface area contributed by atoms with E-state index in [1.54, 1.807) is 17.9 Å². The van der Waals surface area contributed by atoms with Gasteiger partial charge < -0.3 is 10.4 Å². The number of rotatable bonds is 2. The van der Waals surface area contributed by atoms with Gasteiger partial charge in [0.25, 0.3) is 0 Å². The first-order valence-electron chi connectivity index (χ1n) is 4.76. The average Bonchev–Trinajstić information content (AvgIpc) is 2.73. The number of nitrogens with zero attached hydrogens (tertiary/aromatic N) is 2. The highest BCUT2D eigenvalue weighted by Crippen LogP contribution is 2.25. The van der Waals surface area contributed by atoms with Gasteiger partial charge >= 0.3 is 5.97 Å². The summed E-state index contributed by atoms with van der Waals surface area (Å²) in [6.07, 6.45) is 1.47. The lowest BCUT2D eigenvalue weighted by atomic mass is 10.1. The van der Waals surface area contributed by atoms with Crippen molar-refractivity contribution in [3.63, 3.8) is 0 Å². The van der Waals surface area contributed by atoms with Gasteiger partial charge in [-0.05, 0) is 6.92 Å². The van der Waals surface area contributed by atoms with Gasteiger partial charge in [0.15, 0.2) is 0 Å². The van der Waals surface area contributed by atoms with Gasteiger partial charge in [0.05, 0.1) is 23.9 Å². The van der Waals surface area contributed by atoms with Gasteiger partial charge in [-0.25, -0.2) is 4.79 Å². The number of amides is 1. The Kier molecular flexibility index (Phi) is 2.26. The van der Waals surface area contributed by atoms with Crippen LogP contribution in [0.25, 0.3) is 5.70 Å². The fourth-order valence-corrected chi connectivity index (χ4v) is 1.66. The van der Waals surface area contributed by atoms with Crippen LogP contribution in [0.5, 0.6) is 0 Å². The lowest BCUT2D eigenvalue weighted by molar-refractivity contribution is -0.133. The van der Waals surface area contributed by atoms with Crippen molar-refractivity contribution in [3.05, 3.63) is 23.0 Å². The quantitative estimate of drug-likeness (QED) is 0.738. The van der Waals surface area contributed by atoms with Crippen molar-refractivity contribution in [3.8, 4) is 0 Å². The number of carbonyl (C=O) groups is 2. The molecule has 2 N–H and O–H groups in total. The van der Waals surface area contributed by atoms with Crippen molar-refractivity contribution in [1.82, 2.24) is 15.1 Å². The molecule has 0 bridgehead atoms. The minimum atomic E-state index is -1.07. The van der Waals surface area contributed by atoms with Crippen LogP contribution in [0.1, 0.15) is 17.7 Å². The van der Waals surface area contributed by atoms with Gasteiger partial charge in [0, 0.05) is 18.3 Å². The second-order valence-electron chi connectivity index (χ2n) is 3.65. The van der Waals surface area contributed by atoms with Crippen LogP contribution in [-0.4, -0.2) is 26.8 Å². The second kappa shape index (κ2) is 3.48. The van der Waals surface area contributed by atoms with E-state index in [0.717, 1.165) is 5.69 Å². The highest BCUT2D eigenvalue weighted by atomic mass is 16.4. The summed E-state index contributed by atoms with van der Waals surface area (Å²) >= 11 is 0. The number of aromatic nitrogens is 2. The molecule has 1 aromatic heterocycles. The number of nitrogens with one attached hydrogen (secondary N) is 1. The summed E-state index contributed by atoms with van der Waals surface area (Å²) < 4.78 is 1.63. The molecule has 0 saturated carbocycles. The van der Waals surface area contributed by atoms with E-state index in [1.807, 2.05) is 6.92 Å². The Morgan fingerprint density at radius 3 is 2.81 bits per heavy atom. The van der Waals surface area contributed by atoms with Gasteiger partial charge in [-0.2, -0.15) is 5.10 Å². The summed E-state index contributed by atoms with van der Waals surface area (Å²) in [5, 5.41) is 15.6. The summed E-state index contributed by atoms with van der Waals surface area (Å²) in [7, 11) is 1.76. The first kappa shape index (κ1) is 10.4. The average molecular weight is 221 g/mol. The minimum Gasteiger partial charge on any atom is -0.478 e. The van der Waals surface area contributed by atoms with Crippen LogP contribution < -0.4 is 5.32 Å². The minimum absolute atomic E-state index is 0.0843. The lowest BCUT2D eigenvalue weighted by Gasteiger charge is -2.03. The maximum atomic E-state index is 11.2. The highest BCUT2D eigenvalue weighted by Gasteiger charge is 2.28. The molecule has 1 aromatic rings. The van der Waals surface area contributed by atoms with Crippen molar-refractivity contribution in [2.24, 2.45) is 7.05 Å². The molecular weight excluding hydrogens is 210 g/mol. The monoisotopic (exact) mass is 221 g/mol. The van der Waals surface area contributed by atoms with Crippen LogP contribution >= 0.6 is 0 Å². The predicted molar refractivity (Wildman–Crippen MR) is 55.3 cm³/mol. The summed E-state index contributed by atoms with van der Waals surface area (Å²) in [4.78, 5) is 22.2. The van der Waals surface area contributed by atoms with Crippen molar-refractivity contribution >= 4 is 17.6 Å². The molecule has 2 heterocycles. The Morgan fingerprint density at radius 1 is 1.62 bits per heavy atom. The van der Waals surface area contributed by atoms with Gasteiger partial charge in [0.1, 0.15) is 0 Å². The number of hydrogen-bond acceptors (Lipinski definition) is 3. The van der Waals surface area contributed by atoms with Crippen LogP contribution in [0, 0.1) is 6.92 Å². The van der Waals surface area contributed by atoms with Gasteiger partial charge in [-0.3, -0.25) is 9.48 Å². The predicted octanol–water partition coefficient (Wildman–Crippen LogP) is 0.0441. The molecule has 0 radical (unpaired) electrons. The van der Waals surface area contributed by atoms with Crippen LogP contribution in [-0.2, 0) is 16.6 Å². The van der Waals surface area contributed by atoms with Gasteiger partial charge in [-0.1, -0.05) is 0 Å². The van der Waals surface area contributed by atoms with Gasteiger partial charge in [-0.15, -0.1) is 0 Å². The fourth-order valence-electron chi connectivity index (χ4n) is 1.66. The summed E-state index contributed by atoms with van der Waals surface area (Å²) in [6, 6.07) is 0. The lowest BCUT2D eigenvalue weighted by Crippen LogP contribution is -2.14.